The lowest BCUT2D eigenvalue weighted by atomic mass is 9.90. The molecule has 6 heteroatoms. The van der Waals surface area contributed by atoms with Gasteiger partial charge >= 0.3 is 5.97 Å². The number of aryl methyl sites for hydroxylation is 2. The van der Waals surface area contributed by atoms with Gasteiger partial charge in [-0.1, -0.05) is 6.07 Å². The van der Waals surface area contributed by atoms with Crippen molar-refractivity contribution in [1.82, 2.24) is 0 Å². The molecule has 0 unspecified atom stereocenters. The largest absolute Gasteiger partial charge is 0.454 e. The van der Waals surface area contributed by atoms with Crippen molar-refractivity contribution in [1.29, 1.82) is 0 Å². The summed E-state index contributed by atoms with van der Waals surface area (Å²) in [6.45, 7) is -0.171. The quantitative estimate of drug-likeness (QED) is 0.855. The van der Waals surface area contributed by atoms with Crippen molar-refractivity contribution in [3.63, 3.8) is 0 Å². The van der Waals surface area contributed by atoms with Gasteiger partial charge in [0.2, 0.25) is 6.79 Å². The van der Waals surface area contributed by atoms with Crippen molar-refractivity contribution < 1.29 is 23.8 Å². The summed E-state index contributed by atoms with van der Waals surface area (Å²) < 4.78 is 15.6. The lowest BCUT2D eigenvalue weighted by Crippen LogP contribution is -2.21. The molecule has 0 radical (unpaired) electrons. The van der Waals surface area contributed by atoms with Crippen molar-refractivity contribution in [2.45, 2.75) is 25.7 Å². The van der Waals surface area contributed by atoms with Gasteiger partial charge in [0, 0.05) is 11.8 Å². The SMILES string of the molecule is O=C(COC(=O)c1ccc2c(c1)CCCC2)Nc1ccc2c(c1)OCO2. The number of carbonyl (C=O) groups excluding carboxylic acids is 2. The van der Waals surface area contributed by atoms with E-state index in [4.69, 9.17) is 14.2 Å². The Bertz CT molecular complexity index is 861. The van der Waals surface area contributed by atoms with E-state index >= 15 is 0 Å². The summed E-state index contributed by atoms with van der Waals surface area (Å²) in [5, 5.41) is 2.68. The van der Waals surface area contributed by atoms with Crippen LogP contribution in [0.15, 0.2) is 36.4 Å². The number of ether oxygens (including phenoxy) is 3. The van der Waals surface area contributed by atoms with Gasteiger partial charge in [-0.2, -0.15) is 0 Å². The molecule has 4 rings (SSSR count). The van der Waals surface area contributed by atoms with Crippen molar-refractivity contribution in [3.05, 3.63) is 53.1 Å². The van der Waals surface area contributed by atoms with E-state index in [2.05, 4.69) is 5.32 Å². The molecule has 134 valence electrons. The molecule has 0 aromatic heterocycles. The van der Waals surface area contributed by atoms with Gasteiger partial charge in [-0.3, -0.25) is 4.79 Å². The second-order valence-corrected chi connectivity index (χ2v) is 6.38. The number of benzene rings is 2. The molecule has 1 amide bonds. The highest BCUT2D eigenvalue weighted by Gasteiger charge is 2.16. The molecule has 1 aliphatic heterocycles. The molecule has 1 N–H and O–H groups in total. The highest BCUT2D eigenvalue weighted by Crippen LogP contribution is 2.34. The van der Waals surface area contributed by atoms with Crippen molar-refractivity contribution in [2.24, 2.45) is 0 Å². The predicted molar refractivity (Wildman–Crippen MR) is 94.6 cm³/mol. The van der Waals surface area contributed by atoms with E-state index < -0.39 is 11.9 Å². The first-order valence-electron chi connectivity index (χ1n) is 8.67. The maximum absolute atomic E-state index is 12.2. The molecule has 6 nitrogen and oxygen atoms in total. The Balaban J connectivity index is 1.33. The number of rotatable bonds is 4. The van der Waals surface area contributed by atoms with Gasteiger partial charge in [0.25, 0.3) is 5.91 Å². The zero-order chi connectivity index (χ0) is 17.9. The second-order valence-electron chi connectivity index (χ2n) is 6.38. The second kappa shape index (κ2) is 7.07. The molecular formula is C20H19NO5. The maximum atomic E-state index is 12.2. The molecule has 0 saturated carbocycles. The van der Waals surface area contributed by atoms with Crippen LogP contribution in [0.1, 0.15) is 34.3 Å². The van der Waals surface area contributed by atoms with Gasteiger partial charge in [-0.25, -0.2) is 4.79 Å². The highest BCUT2D eigenvalue weighted by atomic mass is 16.7. The fourth-order valence-electron chi connectivity index (χ4n) is 3.25. The van der Waals surface area contributed by atoms with Crippen LogP contribution in [0.3, 0.4) is 0 Å². The Hall–Kier alpha value is -3.02. The molecular weight excluding hydrogens is 334 g/mol. The highest BCUT2D eigenvalue weighted by molar-refractivity contribution is 5.95. The van der Waals surface area contributed by atoms with E-state index in [9.17, 15) is 9.59 Å². The van der Waals surface area contributed by atoms with Crippen LogP contribution in [0.2, 0.25) is 0 Å². The fourth-order valence-corrected chi connectivity index (χ4v) is 3.25. The Labute approximate surface area is 151 Å². The fraction of sp³-hybridized carbons (Fsp3) is 0.300. The number of fused-ring (bicyclic) bond motifs is 2. The molecule has 1 aliphatic carbocycles. The number of esters is 1. The summed E-state index contributed by atoms with van der Waals surface area (Å²) in [5.41, 5.74) is 3.55. The van der Waals surface area contributed by atoms with Crippen LogP contribution in [-0.2, 0) is 22.4 Å². The monoisotopic (exact) mass is 353 g/mol. The third-order valence-electron chi connectivity index (χ3n) is 4.57. The number of hydrogen-bond acceptors (Lipinski definition) is 5. The van der Waals surface area contributed by atoms with Gasteiger partial charge in [-0.05, 0) is 61.1 Å². The number of amides is 1. The molecule has 0 fully saturated rings. The van der Waals surface area contributed by atoms with Crippen molar-refractivity contribution >= 4 is 17.6 Å². The molecule has 0 spiro atoms. The first kappa shape index (κ1) is 16.4. The van der Waals surface area contributed by atoms with Crippen LogP contribution in [0.25, 0.3) is 0 Å². The first-order valence-corrected chi connectivity index (χ1v) is 8.67. The minimum Gasteiger partial charge on any atom is -0.454 e. The Kier molecular flexibility index (Phi) is 4.48. The standard InChI is InChI=1S/C20H19NO5/c22-19(21-16-7-8-17-18(10-16)26-12-25-17)11-24-20(23)15-6-5-13-3-1-2-4-14(13)9-15/h5-10H,1-4,11-12H2,(H,21,22). The molecule has 0 bridgehead atoms. The number of anilines is 1. The average Bonchev–Trinajstić information content (AvgIpc) is 3.13. The van der Waals surface area contributed by atoms with Crippen LogP contribution in [0.4, 0.5) is 5.69 Å². The van der Waals surface area contributed by atoms with Crippen LogP contribution < -0.4 is 14.8 Å². The van der Waals surface area contributed by atoms with E-state index in [1.807, 2.05) is 12.1 Å². The van der Waals surface area contributed by atoms with E-state index in [0.717, 1.165) is 19.3 Å². The minimum atomic E-state index is -0.487. The lowest BCUT2D eigenvalue weighted by molar-refractivity contribution is -0.119. The summed E-state index contributed by atoms with van der Waals surface area (Å²) in [6, 6.07) is 10.7. The van der Waals surface area contributed by atoms with E-state index in [0.29, 0.717) is 22.7 Å². The summed E-state index contributed by atoms with van der Waals surface area (Å²) in [6.07, 6.45) is 4.38. The molecule has 2 aromatic carbocycles. The zero-order valence-corrected chi connectivity index (χ0v) is 14.2. The topological polar surface area (TPSA) is 73.9 Å². The molecule has 26 heavy (non-hydrogen) atoms. The first-order chi connectivity index (χ1) is 12.7. The summed E-state index contributed by atoms with van der Waals surface area (Å²) >= 11 is 0. The number of nitrogens with one attached hydrogen (secondary N) is 1. The van der Waals surface area contributed by atoms with Crippen LogP contribution in [0.5, 0.6) is 11.5 Å². The van der Waals surface area contributed by atoms with Crippen LogP contribution >= 0.6 is 0 Å². The third kappa shape index (κ3) is 3.49. The molecule has 2 aromatic rings. The molecule has 2 aliphatic rings. The third-order valence-corrected chi connectivity index (χ3v) is 4.57. The van der Waals surface area contributed by atoms with Gasteiger partial charge in [0.15, 0.2) is 18.1 Å². The van der Waals surface area contributed by atoms with Crippen LogP contribution in [-0.4, -0.2) is 25.3 Å². The molecule has 0 atom stereocenters. The zero-order valence-electron chi connectivity index (χ0n) is 14.2. The van der Waals surface area contributed by atoms with Gasteiger partial charge in [-0.15, -0.1) is 0 Å². The lowest BCUT2D eigenvalue weighted by Gasteiger charge is -2.16. The Morgan fingerprint density at radius 1 is 0.962 bits per heavy atom. The van der Waals surface area contributed by atoms with E-state index in [-0.39, 0.29) is 13.4 Å². The predicted octanol–water partition coefficient (Wildman–Crippen LogP) is 3.09. The number of carbonyl (C=O) groups is 2. The van der Waals surface area contributed by atoms with Gasteiger partial charge < -0.3 is 19.5 Å². The normalized spacial score (nSPS) is 14.5. The van der Waals surface area contributed by atoms with E-state index in [1.54, 1.807) is 24.3 Å². The van der Waals surface area contributed by atoms with E-state index in [1.165, 1.54) is 17.5 Å². The smallest absolute Gasteiger partial charge is 0.338 e. The number of hydrogen-bond donors (Lipinski definition) is 1. The Morgan fingerprint density at radius 3 is 2.65 bits per heavy atom. The molecule has 0 saturated heterocycles. The van der Waals surface area contributed by atoms with Crippen LogP contribution in [0, 0.1) is 0 Å². The van der Waals surface area contributed by atoms with Crippen molar-refractivity contribution in [2.75, 3.05) is 18.7 Å². The van der Waals surface area contributed by atoms with Crippen molar-refractivity contribution in [3.8, 4) is 11.5 Å². The summed E-state index contributed by atoms with van der Waals surface area (Å²) in [5.74, 6) is 0.324. The molecule has 1 heterocycles. The summed E-state index contributed by atoms with van der Waals surface area (Å²) in [4.78, 5) is 24.2. The maximum Gasteiger partial charge on any atom is 0.338 e. The minimum absolute atomic E-state index is 0.172. The van der Waals surface area contributed by atoms with Gasteiger partial charge in [0.1, 0.15) is 0 Å². The van der Waals surface area contributed by atoms with Gasteiger partial charge in [0.05, 0.1) is 5.56 Å². The average molecular weight is 353 g/mol. The summed E-state index contributed by atoms with van der Waals surface area (Å²) in [7, 11) is 0. The Morgan fingerprint density at radius 2 is 1.77 bits per heavy atom.